The molecule has 2 atom stereocenters. The second kappa shape index (κ2) is 7.19. The molecule has 1 aliphatic rings. The smallest absolute Gasteiger partial charge is 0.326 e. The van der Waals surface area contributed by atoms with Crippen molar-refractivity contribution in [3.8, 4) is 0 Å². The molecule has 1 aliphatic heterocycles. The van der Waals surface area contributed by atoms with E-state index in [1.807, 2.05) is 72.8 Å². The van der Waals surface area contributed by atoms with Gasteiger partial charge in [-0.3, -0.25) is 10.0 Å². The molecule has 0 spiro atoms. The summed E-state index contributed by atoms with van der Waals surface area (Å²) in [4.78, 5) is 18.2. The van der Waals surface area contributed by atoms with Crippen LogP contribution < -0.4 is 0 Å². The van der Waals surface area contributed by atoms with E-state index in [0.717, 1.165) is 21.9 Å². The molecule has 0 unspecified atom stereocenters. The molecule has 0 radical (unpaired) electrons. The SMILES string of the molecule is C=C(C1=[N+]([O-])O[C@@H](C(=O)OC)[C@@H]1c1cccc2ccccc12)c1ccccc1. The van der Waals surface area contributed by atoms with Crippen LogP contribution in [0, 0.1) is 5.21 Å². The molecule has 0 saturated heterocycles. The summed E-state index contributed by atoms with van der Waals surface area (Å²) in [5, 5.41) is 14.7. The number of carbonyl (C=O) groups excluding carboxylic acids is 1. The monoisotopic (exact) mass is 373 g/mol. The minimum atomic E-state index is -1.08. The van der Waals surface area contributed by atoms with Crippen molar-refractivity contribution in [1.82, 2.24) is 0 Å². The lowest BCUT2D eigenvalue weighted by atomic mass is 9.82. The van der Waals surface area contributed by atoms with E-state index in [-0.39, 0.29) is 0 Å². The molecular formula is C23H19NO4. The number of hydrogen-bond donors (Lipinski definition) is 0. The van der Waals surface area contributed by atoms with Gasteiger partial charge in [-0.2, -0.15) is 0 Å². The lowest BCUT2D eigenvalue weighted by Gasteiger charge is -2.19. The number of esters is 1. The van der Waals surface area contributed by atoms with Gasteiger partial charge < -0.3 is 9.57 Å². The fourth-order valence-electron chi connectivity index (χ4n) is 3.69. The summed E-state index contributed by atoms with van der Waals surface area (Å²) in [5.74, 6) is -1.24. The summed E-state index contributed by atoms with van der Waals surface area (Å²) < 4.78 is 4.91. The van der Waals surface area contributed by atoms with Crippen molar-refractivity contribution in [2.75, 3.05) is 7.11 Å². The molecule has 0 N–H and O–H groups in total. The number of allylic oxidation sites excluding steroid dienone is 1. The zero-order valence-corrected chi connectivity index (χ0v) is 15.4. The molecular weight excluding hydrogens is 354 g/mol. The maximum Gasteiger partial charge on any atom is 0.326 e. The number of nitrogens with zero attached hydrogens (tertiary/aromatic N) is 1. The summed E-state index contributed by atoms with van der Waals surface area (Å²) in [6.45, 7) is 4.12. The van der Waals surface area contributed by atoms with E-state index in [9.17, 15) is 10.0 Å². The number of rotatable bonds is 4. The number of ether oxygens (including phenoxy) is 1. The fraction of sp³-hybridized carbons (Fsp3) is 0.130. The highest BCUT2D eigenvalue weighted by molar-refractivity contribution is 6.25. The van der Waals surface area contributed by atoms with Crippen LogP contribution in [0.5, 0.6) is 0 Å². The van der Waals surface area contributed by atoms with Crippen LogP contribution in [0.25, 0.3) is 16.3 Å². The van der Waals surface area contributed by atoms with Gasteiger partial charge in [-0.05, 0) is 21.9 Å². The maximum atomic E-state index is 12.7. The highest BCUT2D eigenvalue weighted by atomic mass is 16.9. The first-order chi connectivity index (χ1) is 13.6. The van der Waals surface area contributed by atoms with Crippen LogP contribution in [-0.4, -0.2) is 29.8 Å². The fourth-order valence-corrected chi connectivity index (χ4v) is 3.69. The number of methoxy groups -OCH3 is 1. The normalized spacial score (nSPS) is 18.8. The molecule has 0 aliphatic carbocycles. The largest absolute Gasteiger partial charge is 0.468 e. The molecule has 0 amide bonds. The third-order valence-electron chi connectivity index (χ3n) is 5.03. The molecule has 0 saturated carbocycles. The predicted octanol–water partition coefficient (Wildman–Crippen LogP) is 4.07. The molecule has 3 aromatic rings. The van der Waals surface area contributed by atoms with E-state index in [0.29, 0.717) is 16.2 Å². The van der Waals surface area contributed by atoms with Crippen molar-refractivity contribution in [2.24, 2.45) is 0 Å². The van der Waals surface area contributed by atoms with Gasteiger partial charge in [0.25, 0.3) is 5.71 Å². The van der Waals surface area contributed by atoms with E-state index in [1.54, 1.807) is 0 Å². The molecule has 5 nitrogen and oxygen atoms in total. The van der Waals surface area contributed by atoms with E-state index >= 15 is 0 Å². The Kier molecular flexibility index (Phi) is 4.57. The minimum Gasteiger partial charge on any atom is -0.468 e. The molecule has 0 aromatic heterocycles. The summed E-state index contributed by atoms with van der Waals surface area (Å²) in [6, 6.07) is 23.0. The predicted molar refractivity (Wildman–Crippen MR) is 108 cm³/mol. The highest BCUT2D eigenvalue weighted by Gasteiger charge is 2.47. The van der Waals surface area contributed by atoms with E-state index in [2.05, 4.69) is 6.58 Å². The van der Waals surface area contributed by atoms with Crippen LogP contribution in [0.15, 0.2) is 79.4 Å². The van der Waals surface area contributed by atoms with Crippen molar-refractivity contribution < 1.29 is 19.3 Å². The molecule has 4 rings (SSSR count). The average Bonchev–Trinajstić information content (AvgIpc) is 3.09. The average molecular weight is 373 g/mol. The van der Waals surface area contributed by atoms with Crippen LogP contribution in [0.2, 0.25) is 0 Å². The molecule has 1 heterocycles. The molecule has 3 aromatic carbocycles. The quantitative estimate of drug-likeness (QED) is 0.511. The Bertz CT molecular complexity index is 1080. The number of hydrogen-bond acceptors (Lipinski definition) is 4. The van der Waals surface area contributed by atoms with E-state index in [1.165, 1.54) is 7.11 Å². The Hall–Kier alpha value is -3.60. The van der Waals surface area contributed by atoms with Gasteiger partial charge in [-0.15, -0.1) is 0 Å². The van der Waals surface area contributed by atoms with Crippen molar-refractivity contribution in [2.45, 2.75) is 12.0 Å². The summed E-state index contributed by atoms with van der Waals surface area (Å²) >= 11 is 0. The van der Waals surface area contributed by atoms with Gasteiger partial charge in [-0.25, -0.2) is 0 Å². The van der Waals surface area contributed by atoms with Gasteiger partial charge in [0.2, 0.25) is 0 Å². The lowest BCUT2D eigenvalue weighted by Crippen LogP contribution is -2.31. The van der Waals surface area contributed by atoms with E-state index in [4.69, 9.17) is 9.57 Å². The van der Waals surface area contributed by atoms with Gasteiger partial charge in [-0.1, -0.05) is 79.4 Å². The van der Waals surface area contributed by atoms with Gasteiger partial charge in [0.05, 0.1) is 7.11 Å². The van der Waals surface area contributed by atoms with Crippen LogP contribution in [0.1, 0.15) is 17.0 Å². The Morgan fingerprint density at radius 2 is 1.71 bits per heavy atom. The topological polar surface area (TPSA) is 61.6 Å². The van der Waals surface area contributed by atoms with Crippen molar-refractivity contribution in [3.05, 3.63) is 95.7 Å². The Balaban J connectivity index is 1.90. The lowest BCUT2D eigenvalue weighted by molar-refractivity contribution is -0.736. The van der Waals surface area contributed by atoms with Crippen LogP contribution in [-0.2, 0) is 14.4 Å². The van der Waals surface area contributed by atoms with Crippen molar-refractivity contribution in [3.63, 3.8) is 0 Å². The second-order valence-electron chi connectivity index (χ2n) is 6.58. The van der Waals surface area contributed by atoms with Crippen LogP contribution in [0.4, 0.5) is 0 Å². The van der Waals surface area contributed by atoms with E-state index < -0.39 is 18.0 Å². The van der Waals surface area contributed by atoms with Crippen molar-refractivity contribution in [1.29, 1.82) is 0 Å². The third-order valence-corrected chi connectivity index (χ3v) is 5.03. The second-order valence-corrected chi connectivity index (χ2v) is 6.58. The zero-order chi connectivity index (χ0) is 19.7. The number of fused-ring (bicyclic) bond motifs is 1. The molecule has 28 heavy (non-hydrogen) atoms. The Morgan fingerprint density at radius 3 is 2.46 bits per heavy atom. The minimum absolute atomic E-state index is 0.304. The first kappa shape index (κ1) is 17.8. The van der Waals surface area contributed by atoms with Gasteiger partial charge >= 0.3 is 5.97 Å². The molecule has 140 valence electrons. The maximum absolute atomic E-state index is 12.7. The van der Waals surface area contributed by atoms with Gasteiger partial charge in [0.15, 0.2) is 6.10 Å². The molecule has 0 fully saturated rings. The Labute approximate surface area is 162 Å². The first-order valence-electron chi connectivity index (χ1n) is 8.93. The number of carbonyl (C=O) groups is 1. The summed E-state index contributed by atoms with van der Waals surface area (Å²) in [7, 11) is 1.28. The Morgan fingerprint density at radius 1 is 1.04 bits per heavy atom. The standard InChI is InChI=1S/C23H19NO4/c1-15(16-9-4-3-5-10-16)21-20(22(23(25)27-2)28-24(21)26)19-14-8-12-17-11-6-7-13-18(17)19/h3-14,20,22H,1H2,2H3/t20-,22-/m1/s1. The van der Waals surface area contributed by atoms with Crippen LogP contribution in [0.3, 0.4) is 0 Å². The summed E-state index contributed by atoms with van der Waals surface area (Å²) in [6.07, 6.45) is -1.08. The third kappa shape index (κ3) is 2.91. The highest BCUT2D eigenvalue weighted by Crippen LogP contribution is 2.38. The number of benzene rings is 3. The van der Waals surface area contributed by atoms with Crippen LogP contribution >= 0.6 is 0 Å². The van der Waals surface area contributed by atoms with Gasteiger partial charge in [0, 0.05) is 10.5 Å². The molecule has 0 bridgehead atoms. The van der Waals surface area contributed by atoms with Crippen molar-refractivity contribution >= 4 is 28.0 Å². The molecule has 5 heteroatoms. The first-order valence-corrected chi connectivity index (χ1v) is 8.93. The van der Waals surface area contributed by atoms with Gasteiger partial charge in [0.1, 0.15) is 5.92 Å². The summed E-state index contributed by atoms with van der Waals surface area (Å²) in [5.41, 5.74) is 2.43. The zero-order valence-electron chi connectivity index (χ0n) is 15.4.